The van der Waals surface area contributed by atoms with Crippen molar-refractivity contribution in [3.05, 3.63) is 47.5 Å². The molecule has 1 aliphatic rings. The van der Waals surface area contributed by atoms with Gasteiger partial charge in [0.25, 0.3) is 0 Å². The number of aliphatic hydroxyl groups is 2. The Morgan fingerprint density at radius 1 is 0.833 bits per heavy atom. The van der Waals surface area contributed by atoms with Crippen molar-refractivity contribution in [3.63, 3.8) is 0 Å². The first-order valence-corrected chi connectivity index (χ1v) is 6.54. The molecule has 0 saturated carbocycles. The van der Waals surface area contributed by atoms with E-state index in [4.69, 9.17) is 10.2 Å². The van der Waals surface area contributed by atoms with E-state index in [0.717, 1.165) is 32.3 Å². The Balaban J connectivity index is 2.01. The Labute approximate surface area is 109 Å². The first kappa shape index (κ1) is 11.6. The van der Waals surface area contributed by atoms with Crippen molar-refractivity contribution in [2.45, 2.75) is 23.0 Å². The Morgan fingerprint density at radius 3 is 1.78 bits per heavy atom. The van der Waals surface area contributed by atoms with Gasteiger partial charge in [-0.05, 0) is 35.4 Å². The molecule has 18 heavy (non-hydrogen) atoms. The molecular weight excluding hydrogens is 246 g/mol. The number of hydrogen-bond donors (Lipinski definition) is 3. The number of fused-ring (bicyclic) bond motifs is 2. The van der Waals surface area contributed by atoms with Crippen molar-refractivity contribution in [1.82, 2.24) is 0 Å². The van der Waals surface area contributed by atoms with Gasteiger partial charge in [-0.3, -0.25) is 0 Å². The monoisotopic (exact) mass is 259 g/mol. The highest BCUT2D eigenvalue weighted by Gasteiger charge is 2.16. The molecule has 0 bridgehead atoms. The highest BCUT2D eigenvalue weighted by molar-refractivity contribution is 7.99. The standard InChI is InChI=1S/C14H13NO2S/c16-7-9-1-3-13-11(5-9)15-12-6-10(8-17)2-4-14(12)18-13/h1-6,15-17H,7-8H2. The fraction of sp³-hybridized carbons (Fsp3) is 0.143. The van der Waals surface area contributed by atoms with Gasteiger partial charge in [-0.2, -0.15) is 0 Å². The summed E-state index contributed by atoms with van der Waals surface area (Å²) in [6, 6.07) is 11.8. The molecule has 0 spiro atoms. The van der Waals surface area contributed by atoms with E-state index in [9.17, 15) is 0 Å². The molecule has 2 aromatic carbocycles. The Morgan fingerprint density at radius 2 is 1.33 bits per heavy atom. The van der Waals surface area contributed by atoms with E-state index in [2.05, 4.69) is 5.32 Å². The number of benzene rings is 2. The van der Waals surface area contributed by atoms with E-state index in [-0.39, 0.29) is 13.2 Å². The quantitative estimate of drug-likeness (QED) is 0.662. The second-order valence-corrected chi connectivity index (χ2v) is 5.29. The minimum atomic E-state index is 0.0448. The van der Waals surface area contributed by atoms with Gasteiger partial charge in [0, 0.05) is 9.79 Å². The van der Waals surface area contributed by atoms with Crippen LogP contribution < -0.4 is 5.32 Å². The first-order valence-electron chi connectivity index (χ1n) is 5.72. The summed E-state index contributed by atoms with van der Waals surface area (Å²) < 4.78 is 0. The summed E-state index contributed by atoms with van der Waals surface area (Å²) in [5, 5.41) is 21.6. The van der Waals surface area contributed by atoms with Crippen LogP contribution >= 0.6 is 11.8 Å². The number of rotatable bonds is 2. The van der Waals surface area contributed by atoms with E-state index in [1.807, 2.05) is 36.4 Å². The lowest BCUT2D eigenvalue weighted by molar-refractivity contribution is 0.281. The average molecular weight is 259 g/mol. The topological polar surface area (TPSA) is 52.5 Å². The summed E-state index contributed by atoms with van der Waals surface area (Å²) in [7, 11) is 0. The van der Waals surface area contributed by atoms with Crippen molar-refractivity contribution in [3.8, 4) is 0 Å². The zero-order chi connectivity index (χ0) is 12.5. The van der Waals surface area contributed by atoms with Gasteiger partial charge in [0.15, 0.2) is 0 Å². The van der Waals surface area contributed by atoms with Crippen LogP contribution in [0.3, 0.4) is 0 Å². The maximum Gasteiger partial charge on any atom is 0.0682 e. The van der Waals surface area contributed by atoms with Crippen molar-refractivity contribution < 1.29 is 10.2 Å². The Bertz CT molecular complexity index is 547. The zero-order valence-electron chi connectivity index (χ0n) is 9.68. The molecule has 3 N–H and O–H groups in total. The second-order valence-electron chi connectivity index (χ2n) is 4.20. The highest BCUT2D eigenvalue weighted by Crippen LogP contribution is 2.44. The predicted octanol–water partition coefficient (Wildman–Crippen LogP) is 2.88. The fourth-order valence-electron chi connectivity index (χ4n) is 1.99. The van der Waals surface area contributed by atoms with Crippen molar-refractivity contribution in [2.75, 3.05) is 5.32 Å². The number of hydrogen-bond acceptors (Lipinski definition) is 4. The van der Waals surface area contributed by atoms with Crippen LogP contribution in [0.1, 0.15) is 11.1 Å². The van der Waals surface area contributed by atoms with E-state index < -0.39 is 0 Å². The lowest BCUT2D eigenvalue weighted by Crippen LogP contribution is -2.01. The molecule has 0 saturated heterocycles. The van der Waals surface area contributed by atoms with Crippen LogP contribution in [0.25, 0.3) is 0 Å². The summed E-state index contributed by atoms with van der Waals surface area (Å²) in [4.78, 5) is 2.30. The molecule has 0 radical (unpaired) electrons. The van der Waals surface area contributed by atoms with Crippen LogP contribution in [0.15, 0.2) is 46.2 Å². The van der Waals surface area contributed by atoms with Crippen molar-refractivity contribution >= 4 is 23.1 Å². The molecule has 0 aliphatic carbocycles. The van der Waals surface area contributed by atoms with Gasteiger partial charge in [-0.15, -0.1) is 0 Å². The van der Waals surface area contributed by atoms with E-state index >= 15 is 0 Å². The molecule has 1 heterocycles. The normalized spacial score (nSPS) is 12.6. The highest BCUT2D eigenvalue weighted by atomic mass is 32.2. The molecule has 0 aromatic heterocycles. The molecule has 4 heteroatoms. The minimum absolute atomic E-state index is 0.0448. The third-order valence-corrected chi connectivity index (χ3v) is 4.09. The lowest BCUT2D eigenvalue weighted by Gasteiger charge is -2.21. The zero-order valence-corrected chi connectivity index (χ0v) is 10.5. The van der Waals surface area contributed by atoms with Gasteiger partial charge >= 0.3 is 0 Å². The molecule has 2 aromatic rings. The van der Waals surface area contributed by atoms with Crippen LogP contribution in [0.5, 0.6) is 0 Å². The van der Waals surface area contributed by atoms with E-state index in [0.29, 0.717) is 0 Å². The van der Waals surface area contributed by atoms with Crippen LogP contribution in [-0.2, 0) is 13.2 Å². The summed E-state index contributed by atoms with van der Waals surface area (Å²) in [6.45, 7) is 0.0896. The maximum absolute atomic E-state index is 9.15. The molecule has 0 amide bonds. The summed E-state index contributed by atoms with van der Waals surface area (Å²) in [5.41, 5.74) is 3.80. The number of anilines is 2. The SMILES string of the molecule is OCc1ccc2c(c1)Nc1cc(CO)ccc1S2. The summed E-state index contributed by atoms with van der Waals surface area (Å²) >= 11 is 1.70. The van der Waals surface area contributed by atoms with Gasteiger partial charge in [-0.1, -0.05) is 23.9 Å². The first-order chi connectivity index (χ1) is 8.80. The van der Waals surface area contributed by atoms with Crippen LogP contribution in [-0.4, -0.2) is 10.2 Å². The minimum Gasteiger partial charge on any atom is -0.392 e. The second kappa shape index (κ2) is 4.65. The molecule has 0 unspecified atom stereocenters. The fourth-order valence-corrected chi connectivity index (χ4v) is 2.94. The molecule has 0 atom stereocenters. The molecule has 92 valence electrons. The van der Waals surface area contributed by atoms with Crippen LogP contribution in [0.2, 0.25) is 0 Å². The van der Waals surface area contributed by atoms with Gasteiger partial charge < -0.3 is 15.5 Å². The van der Waals surface area contributed by atoms with Gasteiger partial charge in [0.2, 0.25) is 0 Å². The van der Waals surface area contributed by atoms with Crippen LogP contribution in [0, 0.1) is 0 Å². The molecule has 3 nitrogen and oxygen atoms in total. The third kappa shape index (κ3) is 1.99. The van der Waals surface area contributed by atoms with Gasteiger partial charge in [0.1, 0.15) is 0 Å². The summed E-state index contributed by atoms with van der Waals surface area (Å²) in [5.74, 6) is 0. The van der Waals surface area contributed by atoms with Gasteiger partial charge in [0.05, 0.1) is 24.6 Å². The van der Waals surface area contributed by atoms with Crippen molar-refractivity contribution in [2.24, 2.45) is 0 Å². The maximum atomic E-state index is 9.15. The van der Waals surface area contributed by atoms with Gasteiger partial charge in [-0.25, -0.2) is 0 Å². The Kier molecular flexibility index (Phi) is 2.99. The smallest absolute Gasteiger partial charge is 0.0682 e. The van der Waals surface area contributed by atoms with Crippen molar-refractivity contribution in [1.29, 1.82) is 0 Å². The lowest BCUT2D eigenvalue weighted by atomic mass is 10.1. The molecule has 3 rings (SSSR count). The van der Waals surface area contributed by atoms with E-state index in [1.165, 1.54) is 0 Å². The van der Waals surface area contributed by atoms with Crippen LogP contribution in [0.4, 0.5) is 11.4 Å². The largest absolute Gasteiger partial charge is 0.392 e. The molecular formula is C14H13NO2S. The van der Waals surface area contributed by atoms with E-state index in [1.54, 1.807) is 11.8 Å². The Hall–Kier alpha value is -1.49. The number of aliphatic hydroxyl groups excluding tert-OH is 2. The third-order valence-electron chi connectivity index (χ3n) is 2.94. The average Bonchev–Trinajstić information content (AvgIpc) is 2.43. The molecule has 1 aliphatic heterocycles. The predicted molar refractivity (Wildman–Crippen MR) is 72.1 cm³/mol. The number of nitrogens with one attached hydrogen (secondary N) is 1. The summed E-state index contributed by atoms with van der Waals surface area (Å²) in [6.07, 6.45) is 0. The molecule has 0 fully saturated rings.